The van der Waals surface area contributed by atoms with Gasteiger partial charge in [0.2, 0.25) is 0 Å². The van der Waals surface area contributed by atoms with Crippen LogP contribution in [0.25, 0.3) is 0 Å². The number of nitrogens with zero attached hydrogens (tertiary/aromatic N) is 1. The van der Waals surface area contributed by atoms with Gasteiger partial charge in [-0.05, 0) is 23.7 Å². The Hall–Kier alpha value is -0.130. The molecular weight excluding hydrogens is 284 g/mol. The Labute approximate surface area is 130 Å². The Morgan fingerprint density at radius 2 is 1.95 bits per heavy atom. The van der Waals surface area contributed by atoms with Crippen LogP contribution in [0.4, 0.5) is 0 Å². The fraction of sp³-hybridized carbons (Fsp3) is 1.00. The fourth-order valence-corrected chi connectivity index (χ4v) is 5.47. The summed E-state index contributed by atoms with van der Waals surface area (Å²) in [6.45, 7) is 14.3. The van der Waals surface area contributed by atoms with E-state index >= 15 is 0 Å². The molecule has 0 aromatic rings. The SMILES string of the molecule is CC(C)C1CNC(C(C)(C)C)CN1CC1CCS(=O)(=O)C1. The Morgan fingerprint density at radius 1 is 1.29 bits per heavy atom. The Bertz CT molecular complexity index is 453. The summed E-state index contributed by atoms with van der Waals surface area (Å²) in [7, 11) is -2.77. The van der Waals surface area contributed by atoms with E-state index in [2.05, 4.69) is 44.8 Å². The van der Waals surface area contributed by atoms with E-state index in [1.165, 1.54) is 0 Å². The van der Waals surface area contributed by atoms with Crippen LogP contribution < -0.4 is 5.32 Å². The van der Waals surface area contributed by atoms with E-state index in [-0.39, 0.29) is 5.41 Å². The van der Waals surface area contributed by atoms with E-state index in [1.54, 1.807) is 0 Å². The quantitative estimate of drug-likeness (QED) is 0.862. The molecular formula is C16H32N2O2S. The van der Waals surface area contributed by atoms with Crippen molar-refractivity contribution in [2.45, 2.75) is 53.1 Å². The number of rotatable bonds is 3. The van der Waals surface area contributed by atoms with Gasteiger partial charge in [0.25, 0.3) is 0 Å². The van der Waals surface area contributed by atoms with Crippen LogP contribution in [0.3, 0.4) is 0 Å². The van der Waals surface area contributed by atoms with Crippen LogP contribution in [0.1, 0.15) is 41.0 Å². The molecule has 1 N–H and O–H groups in total. The zero-order valence-corrected chi connectivity index (χ0v) is 15.0. The molecule has 21 heavy (non-hydrogen) atoms. The summed E-state index contributed by atoms with van der Waals surface area (Å²) in [5.74, 6) is 1.70. The van der Waals surface area contributed by atoms with Crippen LogP contribution in [0.2, 0.25) is 0 Å². The first-order valence-electron chi connectivity index (χ1n) is 8.26. The first-order chi connectivity index (χ1) is 9.58. The molecule has 3 atom stereocenters. The van der Waals surface area contributed by atoms with Gasteiger partial charge < -0.3 is 5.32 Å². The number of nitrogens with one attached hydrogen (secondary N) is 1. The van der Waals surface area contributed by atoms with E-state index < -0.39 is 9.84 Å². The number of hydrogen-bond donors (Lipinski definition) is 1. The second-order valence-electron chi connectivity index (χ2n) is 8.36. The topological polar surface area (TPSA) is 49.4 Å². The second-order valence-corrected chi connectivity index (χ2v) is 10.6. The molecule has 0 aromatic heterocycles. The van der Waals surface area contributed by atoms with E-state index in [0.717, 1.165) is 26.1 Å². The molecule has 3 unspecified atom stereocenters. The molecule has 2 rings (SSSR count). The summed E-state index contributed by atoms with van der Waals surface area (Å²) in [5, 5.41) is 3.70. The van der Waals surface area contributed by atoms with Gasteiger partial charge in [-0.1, -0.05) is 34.6 Å². The van der Waals surface area contributed by atoms with E-state index in [9.17, 15) is 8.42 Å². The van der Waals surface area contributed by atoms with Crippen molar-refractivity contribution in [1.29, 1.82) is 0 Å². The maximum atomic E-state index is 11.7. The average Bonchev–Trinajstić information content (AvgIpc) is 2.67. The van der Waals surface area contributed by atoms with E-state index in [4.69, 9.17) is 0 Å². The molecule has 0 saturated carbocycles. The normalized spacial score (nSPS) is 34.5. The summed E-state index contributed by atoms with van der Waals surface area (Å²) in [5.41, 5.74) is 0.238. The van der Waals surface area contributed by atoms with Crippen molar-refractivity contribution in [3.05, 3.63) is 0 Å². The zero-order valence-electron chi connectivity index (χ0n) is 14.2. The lowest BCUT2D eigenvalue weighted by molar-refractivity contribution is 0.0533. The Kier molecular flexibility index (Phi) is 5.06. The van der Waals surface area contributed by atoms with Gasteiger partial charge in [0.1, 0.15) is 0 Å². The molecule has 5 heteroatoms. The van der Waals surface area contributed by atoms with Crippen molar-refractivity contribution in [3.8, 4) is 0 Å². The molecule has 2 aliphatic rings. The van der Waals surface area contributed by atoms with Gasteiger partial charge in [-0.3, -0.25) is 4.90 Å². The highest BCUT2D eigenvalue weighted by Crippen LogP contribution is 2.28. The smallest absolute Gasteiger partial charge is 0.150 e. The van der Waals surface area contributed by atoms with Crippen molar-refractivity contribution >= 4 is 9.84 Å². The van der Waals surface area contributed by atoms with E-state index in [0.29, 0.717) is 35.4 Å². The van der Waals surface area contributed by atoms with Gasteiger partial charge >= 0.3 is 0 Å². The van der Waals surface area contributed by atoms with Crippen LogP contribution in [-0.2, 0) is 9.84 Å². The van der Waals surface area contributed by atoms with Gasteiger partial charge in [-0.2, -0.15) is 0 Å². The van der Waals surface area contributed by atoms with Gasteiger partial charge in [-0.25, -0.2) is 8.42 Å². The van der Waals surface area contributed by atoms with Crippen LogP contribution in [0, 0.1) is 17.3 Å². The number of piperazine rings is 1. The minimum absolute atomic E-state index is 0.238. The zero-order chi connectivity index (χ0) is 15.8. The molecule has 2 saturated heterocycles. The lowest BCUT2D eigenvalue weighted by Crippen LogP contribution is -2.62. The first-order valence-corrected chi connectivity index (χ1v) is 10.1. The third-order valence-electron chi connectivity index (χ3n) is 5.09. The molecule has 2 fully saturated rings. The van der Waals surface area contributed by atoms with Crippen molar-refractivity contribution in [2.75, 3.05) is 31.1 Å². The van der Waals surface area contributed by atoms with Gasteiger partial charge in [0, 0.05) is 31.7 Å². The first kappa shape index (κ1) is 17.2. The molecule has 0 aliphatic carbocycles. The summed E-state index contributed by atoms with van der Waals surface area (Å²) < 4.78 is 23.4. The molecule has 2 heterocycles. The van der Waals surface area contributed by atoms with Crippen LogP contribution in [0.5, 0.6) is 0 Å². The lowest BCUT2D eigenvalue weighted by Gasteiger charge is -2.47. The average molecular weight is 317 g/mol. The highest BCUT2D eigenvalue weighted by molar-refractivity contribution is 7.91. The molecule has 4 nitrogen and oxygen atoms in total. The lowest BCUT2D eigenvalue weighted by atomic mass is 9.83. The predicted octanol–water partition coefficient (Wildman–Crippen LogP) is 1.77. The second kappa shape index (κ2) is 6.17. The minimum atomic E-state index is -2.77. The molecule has 0 bridgehead atoms. The number of sulfone groups is 1. The maximum absolute atomic E-state index is 11.7. The fourth-order valence-electron chi connectivity index (χ4n) is 3.62. The maximum Gasteiger partial charge on any atom is 0.150 e. The highest BCUT2D eigenvalue weighted by Gasteiger charge is 2.37. The molecule has 0 radical (unpaired) electrons. The number of hydrogen-bond acceptors (Lipinski definition) is 4. The summed E-state index contributed by atoms with van der Waals surface area (Å²) in [4.78, 5) is 2.56. The van der Waals surface area contributed by atoms with Gasteiger partial charge in [0.15, 0.2) is 9.84 Å². The van der Waals surface area contributed by atoms with Crippen LogP contribution in [-0.4, -0.2) is 56.5 Å². The van der Waals surface area contributed by atoms with Crippen LogP contribution >= 0.6 is 0 Å². The third-order valence-corrected chi connectivity index (χ3v) is 6.93. The molecule has 0 amide bonds. The summed E-state index contributed by atoms with van der Waals surface area (Å²) in [6, 6.07) is 0.998. The van der Waals surface area contributed by atoms with Gasteiger partial charge in [-0.15, -0.1) is 0 Å². The molecule has 124 valence electrons. The largest absolute Gasteiger partial charge is 0.311 e. The summed E-state index contributed by atoms with van der Waals surface area (Å²) in [6.07, 6.45) is 0.845. The monoisotopic (exact) mass is 316 g/mol. The Morgan fingerprint density at radius 3 is 2.43 bits per heavy atom. The molecule has 0 spiro atoms. The van der Waals surface area contributed by atoms with Crippen molar-refractivity contribution < 1.29 is 8.42 Å². The minimum Gasteiger partial charge on any atom is -0.311 e. The molecule has 2 aliphatic heterocycles. The Balaban J connectivity index is 2.04. The van der Waals surface area contributed by atoms with Crippen LogP contribution in [0.15, 0.2) is 0 Å². The highest BCUT2D eigenvalue weighted by atomic mass is 32.2. The molecule has 0 aromatic carbocycles. The van der Waals surface area contributed by atoms with Crippen molar-refractivity contribution in [3.63, 3.8) is 0 Å². The summed E-state index contributed by atoms with van der Waals surface area (Å²) >= 11 is 0. The van der Waals surface area contributed by atoms with E-state index in [1.807, 2.05) is 0 Å². The van der Waals surface area contributed by atoms with Crippen molar-refractivity contribution in [2.24, 2.45) is 17.3 Å². The standard InChI is InChI=1S/C16H32N2O2S/c1-12(2)14-8-17-15(16(3,4)5)10-18(14)9-13-6-7-21(19,20)11-13/h12-15,17H,6-11H2,1-5H3. The third kappa shape index (κ3) is 4.42. The van der Waals surface area contributed by atoms with Crippen molar-refractivity contribution in [1.82, 2.24) is 10.2 Å². The van der Waals surface area contributed by atoms with Gasteiger partial charge in [0.05, 0.1) is 11.5 Å². The predicted molar refractivity (Wildman–Crippen MR) is 88.2 cm³/mol.